The zero-order valence-corrected chi connectivity index (χ0v) is 16.8. The molecule has 0 bridgehead atoms. The number of furan rings is 1. The number of carbonyl (C=O) groups excluding carboxylic acids is 2. The first-order valence-corrected chi connectivity index (χ1v) is 9.48. The smallest absolute Gasteiger partial charge is 0.295 e. The summed E-state index contributed by atoms with van der Waals surface area (Å²) in [5.41, 5.74) is 0.417. The molecule has 7 nitrogen and oxygen atoms in total. The van der Waals surface area contributed by atoms with Crippen LogP contribution in [0.2, 0.25) is 0 Å². The number of nitrogens with zero attached hydrogens (tertiary/aromatic N) is 1. The minimum Gasteiger partial charge on any atom is -0.507 e. The Labute approximate surface area is 169 Å². The summed E-state index contributed by atoms with van der Waals surface area (Å²) in [6, 6.07) is 9.30. The number of hydrogen-bond donors (Lipinski definition) is 1. The molecular weight excluding hydrogens is 374 g/mol. The summed E-state index contributed by atoms with van der Waals surface area (Å²) >= 11 is 0. The van der Waals surface area contributed by atoms with Gasteiger partial charge in [-0.2, -0.15) is 0 Å². The molecule has 2 aromatic rings. The topological polar surface area (TPSA) is 89.2 Å². The summed E-state index contributed by atoms with van der Waals surface area (Å²) in [6.07, 6.45) is 1.46. The first kappa shape index (κ1) is 20.7. The molecule has 1 aromatic heterocycles. The number of aliphatic hydroxyl groups excluding tert-OH is 1. The quantitative estimate of drug-likeness (QED) is 0.416. The monoisotopic (exact) mass is 399 g/mol. The van der Waals surface area contributed by atoms with E-state index in [1.807, 2.05) is 0 Å². The number of carbonyl (C=O) groups is 2. The third-order valence-corrected chi connectivity index (χ3v) is 4.60. The summed E-state index contributed by atoms with van der Waals surface area (Å²) in [4.78, 5) is 26.7. The van der Waals surface area contributed by atoms with Gasteiger partial charge in [-0.15, -0.1) is 0 Å². The second-order valence-electron chi connectivity index (χ2n) is 7.23. The van der Waals surface area contributed by atoms with Crippen LogP contribution in [-0.2, 0) is 14.3 Å². The van der Waals surface area contributed by atoms with Crippen LogP contribution in [0.4, 0.5) is 0 Å². The van der Waals surface area contributed by atoms with Crippen LogP contribution >= 0.6 is 0 Å². The van der Waals surface area contributed by atoms with Crippen LogP contribution in [-0.4, -0.2) is 48.6 Å². The summed E-state index contributed by atoms with van der Waals surface area (Å²) in [5.74, 6) is -0.237. The number of likely N-dealkylation sites (tertiary alicyclic amines) is 1. The molecule has 1 aromatic carbocycles. The van der Waals surface area contributed by atoms with E-state index in [1.54, 1.807) is 36.4 Å². The molecule has 3 rings (SSSR count). The molecule has 1 unspecified atom stereocenters. The first-order chi connectivity index (χ1) is 13.9. The third-order valence-electron chi connectivity index (χ3n) is 4.60. The van der Waals surface area contributed by atoms with Crippen molar-refractivity contribution in [2.45, 2.75) is 19.9 Å². The molecule has 1 aliphatic rings. The standard InChI is InChI=1S/C22H25NO6/c1-14(2)13-29-16-8-6-15(7-9-16)20(24)18-19(17-5-4-11-28-17)23(10-12-27-3)22(26)21(18)25/h4-9,11,14,19,24H,10,12-13H2,1-3H3/b20-18-. The molecule has 0 spiro atoms. The number of aliphatic hydroxyl groups is 1. The normalized spacial score (nSPS) is 18.6. The number of rotatable bonds is 8. The zero-order chi connectivity index (χ0) is 21.0. The van der Waals surface area contributed by atoms with E-state index in [0.717, 1.165) is 0 Å². The predicted molar refractivity (Wildman–Crippen MR) is 106 cm³/mol. The van der Waals surface area contributed by atoms with Gasteiger partial charge in [0.05, 0.1) is 25.1 Å². The fourth-order valence-electron chi connectivity index (χ4n) is 3.17. The van der Waals surface area contributed by atoms with Crippen LogP contribution in [0.5, 0.6) is 5.75 Å². The highest BCUT2D eigenvalue weighted by Crippen LogP contribution is 2.39. The van der Waals surface area contributed by atoms with Gasteiger partial charge in [0.2, 0.25) is 0 Å². The molecule has 154 valence electrons. The second-order valence-corrected chi connectivity index (χ2v) is 7.23. The number of ether oxygens (including phenoxy) is 2. The van der Waals surface area contributed by atoms with Gasteiger partial charge in [-0.1, -0.05) is 13.8 Å². The molecule has 1 atom stereocenters. The van der Waals surface area contributed by atoms with E-state index in [1.165, 1.54) is 18.3 Å². The van der Waals surface area contributed by atoms with Crippen molar-refractivity contribution >= 4 is 17.4 Å². The molecule has 2 heterocycles. The fraction of sp³-hybridized carbons (Fsp3) is 0.364. The summed E-state index contributed by atoms with van der Waals surface area (Å²) in [6.45, 7) is 5.14. The molecule has 1 fully saturated rings. The van der Waals surface area contributed by atoms with Crippen molar-refractivity contribution in [2.75, 3.05) is 26.9 Å². The maximum Gasteiger partial charge on any atom is 0.295 e. The molecule has 1 saturated heterocycles. The maximum atomic E-state index is 12.7. The van der Waals surface area contributed by atoms with Gasteiger partial charge in [0.25, 0.3) is 11.7 Å². The highest BCUT2D eigenvalue weighted by molar-refractivity contribution is 6.46. The van der Waals surface area contributed by atoms with Crippen LogP contribution in [0.1, 0.15) is 31.2 Å². The molecule has 0 saturated carbocycles. The molecule has 7 heteroatoms. The number of Topliss-reactive ketones (excluding diaryl/α,β-unsaturated/α-hetero) is 1. The number of hydrogen-bond acceptors (Lipinski definition) is 6. The van der Waals surface area contributed by atoms with Crippen LogP contribution in [0, 0.1) is 5.92 Å². The highest BCUT2D eigenvalue weighted by Gasteiger charge is 2.47. The van der Waals surface area contributed by atoms with Crippen molar-refractivity contribution < 1.29 is 28.6 Å². The number of benzene rings is 1. The Bertz CT molecular complexity index is 883. The van der Waals surface area contributed by atoms with Gasteiger partial charge >= 0.3 is 0 Å². The number of amides is 1. The Morgan fingerprint density at radius 3 is 2.52 bits per heavy atom. The summed E-state index contributed by atoms with van der Waals surface area (Å²) < 4.78 is 16.2. The molecule has 29 heavy (non-hydrogen) atoms. The van der Waals surface area contributed by atoms with E-state index in [2.05, 4.69) is 13.8 Å². The van der Waals surface area contributed by atoms with E-state index >= 15 is 0 Å². The van der Waals surface area contributed by atoms with E-state index < -0.39 is 17.7 Å². The van der Waals surface area contributed by atoms with Gasteiger partial charge in [-0.25, -0.2) is 0 Å². The average Bonchev–Trinajstić information content (AvgIpc) is 3.32. The predicted octanol–water partition coefficient (Wildman–Crippen LogP) is 3.38. The van der Waals surface area contributed by atoms with Gasteiger partial charge < -0.3 is 23.9 Å². The summed E-state index contributed by atoms with van der Waals surface area (Å²) in [5, 5.41) is 10.9. The van der Waals surface area contributed by atoms with Gasteiger partial charge in [0, 0.05) is 19.2 Å². The molecular formula is C22H25NO6. The Hall–Kier alpha value is -3.06. The van der Waals surface area contributed by atoms with Gasteiger partial charge in [0.1, 0.15) is 23.3 Å². The molecule has 0 radical (unpaired) electrons. The lowest BCUT2D eigenvalue weighted by Crippen LogP contribution is -2.32. The van der Waals surface area contributed by atoms with Gasteiger partial charge in [-0.05, 0) is 42.3 Å². The van der Waals surface area contributed by atoms with Crippen molar-refractivity contribution in [1.29, 1.82) is 0 Å². The van der Waals surface area contributed by atoms with Crippen LogP contribution in [0.25, 0.3) is 5.76 Å². The van der Waals surface area contributed by atoms with E-state index in [-0.39, 0.29) is 24.5 Å². The molecule has 1 N–H and O–H groups in total. The minimum atomic E-state index is -0.808. The molecule has 1 aliphatic heterocycles. The maximum absolute atomic E-state index is 12.7. The van der Waals surface area contributed by atoms with Crippen LogP contribution in [0.3, 0.4) is 0 Å². The molecule has 1 amide bonds. The van der Waals surface area contributed by atoms with Crippen molar-refractivity contribution in [2.24, 2.45) is 5.92 Å². The Kier molecular flexibility index (Phi) is 6.39. The van der Waals surface area contributed by atoms with Gasteiger partial charge in [0.15, 0.2) is 0 Å². The summed E-state index contributed by atoms with van der Waals surface area (Å²) in [7, 11) is 1.52. The Morgan fingerprint density at radius 1 is 1.21 bits per heavy atom. The van der Waals surface area contributed by atoms with Crippen molar-refractivity contribution in [3.8, 4) is 5.75 Å². The second kappa shape index (κ2) is 8.96. The SMILES string of the molecule is COCCN1C(=O)C(=O)/C(=C(\O)c2ccc(OCC(C)C)cc2)C1c1ccco1. The van der Waals surface area contributed by atoms with Crippen LogP contribution in [0.15, 0.2) is 52.7 Å². The highest BCUT2D eigenvalue weighted by atomic mass is 16.5. The minimum absolute atomic E-state index is 0.00287. The number of ketones is 1. The Morgan fingerprint density at radius 2 is 1.93 bits per heavy atom. The molecule has 0 aliphatic carbocycles. The Balaban J connectivity index is 1.97. The van der Waals surface area contributed by atoms with Crippen molar-refractivity contribution in [3.05, 3.63) is 59.6 Å². The lowest BCUT2D eigenvalue weighted by Gasteiger charge is -2.22. The van der Waals surface area contributed by atoms with Gasteiger partial charge in [-0.3, -0.25) is 9.59 Å². The van der Waals surface area contributed by atoms with E-state index in [9.17, 15) is 14.7 Å². The average molecular weight is 399 g/mol. The van der Waals surface area contributed by atoms with E-state index in [4.69, 9.17) is 13.9 Å². The first-order valence-electron chi connectivity index (χ1n) is 9.48. The van der Waals surface area contributed by atoms with Crippen LogP contribution < -0.4 is 4.74 Å². The van der Waals surface area contributed by atoms with E-state index in [0.29, 0.717) is 29.6 Å². The van der Waals surface area contributed by atoms with Crippen molar-refractivity contribution in [3.63, 3.8) is 0 Å². The zero-order valence-electron chi connectivity index (χ0n) is 16.8. The largest absolute Gasteiger partial charge is 0.507 e. The third kappa shape index (κ3) is 4.35. The number of methoxy groups -OCH3 is 1. The fourth-order valence-corrected chi connectivity index (χ4v) is 3.17. The lowest BCUT2D eigenvalue weighted by molar-refractivity contribution is -0.140. The lowest BCUT2D eigenvalue weighted by atomic mass is 9.99. The van der Waals surface area contributed by atoms with Crippen molar-refractivity contribution in [1.82, 2.24) is 4.90 Å².